The molecule has 0 saturated heterocycles. The molecule has 0 radical (unpaired) electrons. The highest BCUT2D eigenvalue weighted by molar-refractivity contribution is 5.90. The molecule has 6 nitrogen and oxygen atoms in total. The van der Waals surface area contributed by atoms with Crippen molar-refractivity contribution in [2.24, 2.45) is 11.7 Å². The summed E-state index contributed by atoms with van der Waals surface area (Å²) in [5, 5.41) is 20.5. The third-order valence-corrected chi connectivity index (χ3v) is 3.33. The summed E-state index contributed by atoms with van der Waals surface area (Å²) in [6, 6.07) is 3.21. The SMILES string of the molecule is NC(=O)c1ccc(NCC2CCCCC2O)nn1. The topological polar surface area (TPSA) is 101 Å². The molecule has 1 aliphatic carbocycles. The molecule has 1 aliphatic rings. The summed E-state index contributed by atoms with van der Waals surface area (Å²) >= 11 is 0. The molecule has 4 N–H and O–H groups in total. The molecule has 1 amide bonds. The van der Waals surface area contributed by atoms with Crippen molar-refractivity contribution in [3.8, 4) is 0 Å². The Bertz CT molecular complexity index is 407. The first-order valence-electron chi connectivity index (χ1n) is 6.22. The average molecular weight is 250 g/mol. The molecule has 98 valence electrons. The second kappa shape index (κ2) is 5.77. The number of aliphatic hydroxyl groups excluding tert-OH is 1. The van der Waals surface area contributed by atoms with E-state index in [1.807, 2.05) is 0 Å². The first kappa shape index (κ1) is 12.8. The Balaban J connectivity index is 1.87. The van der Waals surface area contributed by atoms with Gasteiger partial charge in [0.1, 0.15) is 5.82 Å². The highest BCUT2D eigenvalue weighted by atomic mass is 16.3. The molecule has 1 saturated carbocycles. The Morgan fingerprint density at radius 1 is 1.39 bits per heavy atom. The van der Waals surface area contributed by atoms with E-state index in [-0.39, 0.29) is 17.7 Å². The van der Waals surface area contributed by atoms with Crippen molar-refractivity contribution in [2.75, 3.05) is 11.9 Å². The summed E-state index contributed by atoms with van der Waals surface area (Å²) in [6.45, 7) is 0.672. The van der Waals surface area contributed by atoms with Crippen LogP contribution in [0.5, 0.6) is 0 Å². The molecular weight excluding hydrogens is 232 g/mol. The van der Waals surface area contributed by atoms with Crippen molar-refractivity contribution >= 4 is 11.7 Å². The lowest BCUT2D eigenvalue weighted by atomic mass is 9.86. The molecule has 2 atom stereocenters. The summed E-state index contributed by atoms with van der Waals surface area (Å²) in [4.78, 5) is 10.8. The zero-order valence-electron chi connectivity index (χ0n) is 10.2. The predicted octanol–water partition coefficient (Wildman–Crippen LogP) is 0.538. The largest absolute Gasteiger partial charge is 0.393 e. The minimum atomic E-state index is -0.586. The van der Waals surface area contributed by atoms with Gasteiger partial charge in [-0.2, -0.15) is 0 Å². The van der Waals surface area contributed by atoms with Crippen LogP contribution in [0.4, 0.5) is 5.82 Å². The van der Waals surface area contributed by atoms with E-state index >= 15 is 0 Å². The van der Waals surface area contributed by atoms with Crippen molar-refractivity contribution < 1.29 is 9.90 Å². The maximum Gasteiger partial charge on any atom is 0.269 e. The standard InChI is InChI=1S/C12H18N4O2/c13-12(18)9-5-6-11(16-15-9)14-7-8-3-1-2-4-10(8)17/h5-6,8,10,17H,1-4,7H2,(H2,13,18)(H,14,16). The van der Waals surface area contributed by atoms with Gasteiger partial charge in [0.15, 0.2) is 5.69 Å². The smallest absolute Gasteiger partial charge is 0.269 e. The number of anilines is 1. The van der Waals surface area contributed by atoms with Gasteiger partial charge in [-0.1, -0.05) is 12.8 Å². The van der Waals surface area contributed by atoms with Gasteiger partial charge in [0.05, 0.1) is 6.10 Å². The number of aliphatic hydroxyl groups is 1. The van der Waals surface area contributed by atoms with Gasteiger partial charge < -0.3 is 16.2 Å². The molecule has 1 aromatic rings. The molecule has 1 aromatic heterocycles. The van der Waals surface area contributed by atoms with E-state index in [2.05, 4.69) is 15.5 Å². The van der Waals surface area contributed by atoms with Crippen LogP contribution in [0.1, 0.15) is 36.2 Å². The Labute approximate surface area is 106 Å². The van der Waals surface area contributed by atoms with Crippen molar-refractivity contribution in [1.29, 1.82) is 0 Å². The van der Waals surface area contributed by atoms with E-state index < -0.39 is 5.91 Å². The number of hydrogen-bond acceptors (Lipinski definition) is 5. The van der Waals surface area contributed by atoms with E-state index in [0.29, 0.717) is 12.4 Å². The van der Waals surface area contributed by atoms with Crippen LogP contribution in [0.3, 0.4) is 0 Å². The van der Waals surface area contributed by atoms with Gasteiger partial charge in [-0.05, 0) is 25.0 Å². The second-order valence-corrected chi connectivity index (χ2v) is 4.66. The second-order valence-electron chi connectivity index (χ2n) is 4.66. The van der Waals surface area contributed by atoms with E-state index in [4.69, 9.17) is 5.73 Å². The Morgan fingerprint density at radius 2 is 2.17 bits per heavy atom. The third kappa shape index (κ3) is 3.16. The lowest BCUT2D eigenvalue weighted by molar-refractivity contribution is 0.0763. The number of aromatic nitrogens is 2. The molecule has 1 fully saturated rings. The first-order chi connectivity index (χ1) is 8.66. The fraction of sp³-hybridized carbons (Fsp3) is 0.583. The van der Waals surface area contributed by atoms with Gasteiger partial charge in [-0.3, -0.25) is 4.79 Å². The van der Waals surface area contributed by atoms with E-state index in [0.717, 1.165) is 25.7 Å². The van der Waals surface area contributed by atoms with Crippen molar-refractivity contribution in [2.45, 2.75) is 31.8 Å². The van der Waals surface area contributed by atoms with Crippen LogP contribution in [-0.4, -0.2) is 33.9 Å². The third-order valence-electron chi connectivity index (χ3n) is 3.33. The van der Waals surface area contributed by atoms with Gasteiger partial charge in [0.2, 0.25) is 0 Å². The summed E-state index contributed by atoms with van der Waals surface area (Å²) in [7, 11) is 0. The number of hydrogen-bond donors (Lipinski definition) is 3. The van der Waals surface area contributed by atoms with E-state index in [9.17, 15) is 9.90 Å². The maximum atomic E-state index is 10.8. The molecule has 0 bridgehead atoms. The van der Waals surface area contributed by atoms with Crippen LogP contribution in [-0.2, 0) is 0 Å². The summed E-state index contributed by atoms with van der Waals surface area (Å²) in [6.07, 6.45) is 3.93. The molecule has 0 aromatic carbocycles. The lowest BCUT2D eigenvalue weighted by Crippen LogP contribution is -2.30. The van der Waals surface area contributed by atoms with Crippen LogP contribution in [0.25, 0.3) is 0 Å². The first-order valence-corrected chi connectivity index (χ1v) is 6.22. The highest BCUT2D eigenvalue weighted by Crippen LogP contribution is 2.24. The predicted molar refractivity (Wildman–Crippen MR) is 67.0 cm³/mol. The normalized spacial score (nSPS) is 23.6. The quantitative estimate of drug-likeness (QED) is 0.724. The van der Waals surface area contributed by atoms with Crippen LogP contribution in [0.2, 0.25) is 0 Å². The fourth-order valence-corrected chi connectivity index (χ4v) is 2.22. The summed E-state index contributed by atoms with van der Waals surface area (Å²) in [5.74, 6) is 0.269. The number of primary amides is 1. The number of amides is 1. The number of nitrogens with two attached hydrogens (primary N) is 1. The van der Waals surface area contributed by atoms with Gasteiger partial charge in [-0.25, -0.2) is 0 Å². The number of carbonyl (C=O) groups is 1. The molecule has 0 aliphatic heterocycles. The molecule has 18 heavy (non-hydrogen) atoms. The average Bonchev–Trinajstić information content (AvgIpc) is 2.38. The van der Waals surface area contributed by atoms with Crippen LogP contribution < -0.4 is 11.1 Å². The minimum Gasteiger partial charge on any atom is -0.393 e. The molecule has 1 heterocycles. The summed E-state index contributed by atoms with van der Waals surface area (Å²) in [5.41, 5.74) is 5.23. The summed E-state index contributed by atoms with van der Waals surface area (Å²) < 4.78 is 0. The van der Waals surface area contributed by atoms with Gasteiger partial charge >= 0.3 is 0 Å². The molecule has 2 unspecified atom stereocenters. The highest BCUT2D eigenvalue weighted by Gasteiger charge is 2.22. The number of nitrogens with one attached hydrogen (secondary N) is 1. The number of nitrogens with zero attached hydrogens (tertiary/aromatic N) is 2. The number of rotatable bonds is 4. The van der Waals surface area contributed by atoms with Crippen LogP contribution >= 0.6 is 0 Å². The van der Waals surface area contributed by atoms with Crippen molar-refractivity contribution in [3.63, 3.8) is 0 Å². The minimum absolute atomic E-state index is 0.151. The van der Waals surface area contributed by atoms with Crippen molar-refractivity contribution in [3.05, 3.63) is 17.8 Å². The van der Waals surface area contributed by atoms with Gasteiger partial charge in [0, 0.05) is 12.5 Å². The monoisotopic (exact) mass is 250 g/mol. The zero-order chi connectivity index (χ0) is 13.0. The fourth-order valence-electron chi connectivity index (χ4n) is 2.22. The lowest BCUT2D eigenvalue weighted by Gasteiger charge is -2.27. The van der Waals surface area contributed by atoms with Gasteiger partial charge in [-0.15, -0.1) is 10.2 Å². The zero-order valence-corrected chi connectivity index (χ0v) is 10.2. The van der Waals surface area contributed by atoms with Crippen molar-refractivity contribution in [1.82, 2.24) is 10.2 Å². The Hall–Kier alpha value is -1.69. The van der Waals surface area contributed by atoms with E-state index in [1.54, 1.807) is 6.07 Å². The van der Waals surface area contributed by atoms with Gasteiger partial charge in [0.25, 0.3) is 5.91 Å². The Kier molecular flexibility index (Phi) is 4.09. The van der Waals surface area contributed by atoms with Crippen LogP contribution in [0.15, 0.2) is 12.1 Å². The molecular formula is C12H18N4O2. The number of carbonyl (C=O) groups excluding carboxylic acids is 1. The molecule has 0 spiro atoms. The van der Waals surface area contributed by atoms with Crippen LogP contribution in [0, 0.1) is 5.92 Å². The van der Waals surface area contributed by atoms with E-state index in [1.165, 1.54) is 6.07 Å². The maximum absolute atomic E-state index is 10.8. The Morgan fingerprint density at radius 3 is 2.78 bits per heavy atom. The molecule has 2 rings (SSSR count). The molecule has 6 heteroatoms.